The van der Waals surface area contributed by atoms with Crippen LogP contribution >= 0.6 is 0 Å². The molecule has 2 aromatic rings. The fraction of sp³-hybridized carbons (Fsp3) is 0.250. The largest absolute Gasteiger partial charge is 0.388 e. The summed E-state index contributed by atoms with van der Waals surface area (Å²) in [7, 11) is 0. The van der Waals surface area contributed by atoms with Gasteiger partial charge in [-0.3, -0.25) is 0 Å². The molecule has 2 nitrogen and oxygen atoms in total. The van der Waals surface area contributed by atoms with E-state index in [-0.39, 0.29) is 12.1 Å². The standard InChI is InChI=1S/C16H16F3NO/c1-9-4-11(17)2-3-14(9)16(21)15(8-20)10-5-12(18)7-13(19)6-10/h2-7,15-16,21H,8,20H2,1H3. The number of benzene rings is 2. The number of halogens is 3. The van der Waals surface area contributed by atoms with Crippen LogP contribution in [0, 0.1) is 24.4 Å². The molecule has 0 aromatic heterocycles. The SMILES string of the molecule is Cc1cc(F)ccc1C(O)C(CN)c1cc(F)cc(F)c1. The van der Waals surface area contributed by atoms with Crippen molar-refractivity contribution in [3.05, 3.63) is 70.5 Å². The summed E-state index contributed by atoms with van der Waals surface area (Å²) in [5, 5.41) is 10.4. The molecular formula is C16H16F3NO. The zero-order chi connectivity index (χ0) is 15.6. The molecule has 0 aliphatic carbocycles. The number of aliphatic hydroxyl groups is 1. The minimum Gasteiger partial charge on any atom is -0.388 e. The van der Waals surface area contributed by atoms with Crippen molar-refractivity contribution in [2.24, 2.45) is 5.73 Å². The summed E-state index contributed by atoms with van der Waals surface area (Å²) in [6, 6.07) is 7.01. The molecule has 3 N–H and O–H groups in total. The van der Waals surface area contributed by atoms with Crippen molar-refractivity contribution in [2.45, 2.75) is 18.9 Å². The highest BCUT2D eigenvalue weighted by Crippen LogP contribution is 2.32. The van der Waals surface area contributed by atoms with Gasteiger partial charge in [-0.15, -0.1) is 0 Å². The number of hydrogen-bond acceptors (Lipinski definition) is 2. The summed E-state index contributed by atoms with van der Waals surface area (Å²) >= 11 is 0. The van der Waals surface area contributed by atoms with E-state index in [9.17, 15) is 18.3 Å². The van der Waals surface area contributed by atoms with Crippen LogP contribution < -0.4 is 5.73 Å². The van der Waals surface area contributed by atoms with Crippen LogP contribution in [0.4, 0.5) is 13.2 Å². The van der Waals surface area contributed by atoms with Crippen molar-refractivity contribution >= 4 is 0 Å². The summed E-state index contributed by atoms with van der Waals surface area (Å²) in [6.07, 6.45) is -1.07. The molecule has 0 saturated carbocycles. The first-order chi connectivity index (χ1) is 9.92. The third kappa shape index (κ3) is 3.43. The predicted molar refractivity (Wildman–Crippen MR) is 74.3 cm³/mol. The Hall–Kier alpha value is -1.85. The van der Waals surface area contributed by atoms with Crippen LogP contribution in [0.25, 0.3) is 0 Å². The average Bonchev–Trinajstić information content (AvgIpc) is 2.38. The van der Waals surface area contributed by atoms with Crippen molar-refractivity contribution in [1.82, 2.24) is 0 Å². The van der Waals surface area contributed by atoms with Crippen molar-refractivity contribution < 1.29 is 18.3 Å². The Morgan fingerprint density at radius 3 is 2.14 bits per heavy atom. The van der Waals surface area contributed by atoms with E-state index in [2.05, 4.69) is 0 Å². The molecule has 0 aliphatic heterocycles. The fourth-order valence-corrected chi connectivity index (χ4v) is 2.42. The molecular weight excluding hydrogens is 279 g/mol. The van der Waals surface area contributed by atoms with Crippen molar-refractivity contribution in [3.63, 3.8) is 0 Å². The Kier molecular flexibility index (Phi) is 4.65. The Balaban J connectivity index is 2.40. The number of nitrogens with two attached hydrogens (primary N) is 1. The number of hydrogen-bond donors (Lipinski definition) is 2. The fourth-order valence-electron chi connectivity index (χ4n) is 2.42. The van der Waals surface area contributed by atoms with Crippen LogP contribution in [0.3, 0.4) is 0 Å². The molecule has 2 unspecified atom stereocenters. The monoisotopic (exact) mass is 295 g/mol. The molecule has 0 aliphatic rings. The van der Waals surface area contributed by atoms with Gasteiger partial charge in [0, 0.05) is 18.5 Å². The molecule has 0 bridgehead atoms. The molecule has 2 atom stereocenters. The van der Waals surface area contributed by atoms with Crippen LogP contribution in [0.2, 0.25) is 0 Å². The van der Waals surface area contributed by atoms with E-state index in [1.807, 2.05) is 0 Å². The molecule has 0 saturated heterocycles. The van der Waals surface area contributed by atoms with Gasteiger partial charge in [-0.05, 0) is 47.9 Å². The number of aryl methyl sites for hydroxylation is 1. The van der Waals surface area contributed by atoms with Gasteiger partial charge in [0.2, 0.25) is 0 Å². The second kappa shape index (κ2) is 6.28. The van der Waals surface area contributed by atoms with E-state index in [1.165, 1.54) is 18.2 Å². The Morgan fingerprint density at radius 1 is 1.00 bits per heavy atom. The van der Waals surface area contributed by atoms with E-state index in [0.29, 0.717) is 11.1 Å². The van der Waals surface area contributed by atoms with Gasteiger partial charge in [-0.2, -0.15) is 0 Å². The lowest BCUT2D eigenvalue weighted by molar-refractivity contribution is 0.146. The highest BCUT2D eigenvalue weighted by atomic mass is 19.1. The normalized spacial score (nSPS) is 14.0. The first-order valence-electron chi connectivity index (χ1n) is 6.52. The van der Waals surface area contributed by atoms with Crippen LogP contribution in [-0.2, 0) is 0 Å². The van der Waals surface area contributed by atoms with Gasteiger partial charge in [-0.25, -0.2) is 13.2 Å². The third-order valence-corrected chi connectivity index (χ3v) is 3.50. The second-order valence-electron chi connectivity index (χ2n) is 4.99. The molecule has 112 valence electrons. The Morgan fingerprint density at radius 2 is 1.62 bits per heavy atom. The highest BCUT2D eigenvalue weighted by Gasteiger charge is 2.24. The molecule has 2 rings (SSSR count). The second-order valence-corrected chi connectivity index (χ2v) is 4.99. The summed E-state index contributed by atoms with van der Waals surface area (Å²) in [4.78, 5) is 0. The van der Waals surface area contributed by atoms with Gasteiger partial charge < -0.3 is 10.8 Å². The maximum atomic E-state index is 13.3. The third-order valence-electron chi connectivity index (χ3n) is 3.50. The van der Waals surface area contributed by atoms with E-state index in [0.717, 1.165) is 18.2 Å². The Labute approximate surface area is 121 Å². The zero-order valence-electron chi connectivity index (χ0n) is 11.5. The van der Waals surface area contributed by atoms with Gasteiger partial charge in [0.15, 0.2) is 0 Å². The molecule has 0 fully saturated rings. The molecule has 0 amide bonds. The molecule has 0 spiro atoms. The molecule has 21 heavy (non-hydrogen) atoms. The maximum Gasteiger partial charge on any atom is 0.126 e. The first-order valence-corrected chi connectivity index (χ1v) is 6.52. The average molecular weight is 295 g/mol. The summed E-state index contributed by atoms with van der Waals surface area (Å²) in [5.74, 6) is -2.55. The maximum absolute atomic E-state index is 13.3. The zero-order valence-corrected chi connectivity index (χ0v) is 11.5. The lowest BCUT2D eigenvalue weighted by atomic mass is 9.87. The minimum absolute atomic E-state index is 0.000869. The molecule has 5 heteroatoms. The van der Waals surface area contributed by atoms with Gasteiger partial charge in [0.05, 0.1) is 6.10 Å². The molecule has 0 radical (unpaired) electrons. The van der Waals surface area contributed by atoms with Crippen LogP contribution in [0.5, 0.6) is 0 Å². The van der Waals surface area contributed by atoms with Crippen molar-refractivity contribution in [2.75, 3.05) is 6.54 Å². The van der Waals surface area contributed by atoms with Crippen LogP contribution in [0.15, 0.2) is 36.4 Å². The predicted octanol–water partition coefficient (Wildman–Crippen LogP) is 3.19. The van der Waals surface area contributed by atoms with Gasteiger partial charge in [0.25, 0.3) is 0 Å². The summed E-state index contributed by atoms with van der Waals surface area (Å²) in [6.45, 7) is 1.66. The van der Waals surface area contributed by atoms with Crippen molar-refractivity contribution in [1.29, 1.82) is 0 Å². The van der Waals surface area contributed by atoms with Gasteiger partial charge in [0.1, 0.15) is 17.5 Å². The van der Waals surface area contributed by atoms with Gasteiger partial charge >= 0.3 is 0 Å². The topological polar surface area (TPSA) is 46.2 Å². The lowest BCUT2D eigenvalue weighted by Gasteiger charge is -2.24. The number of aliphatic hydroxyl groups excluding tert-OH is 1. The summed E-state index contributed by atoms with van der Waals surface area (Å²) < 4.78 is 39.7. The van der Waals surface area contributed by atoms with Crippen molar-refractivity contribution in [3.8, 4) is 0 Å². The van der Waals surface area contributed by atoms with Gasteiger partial charge in [-0.1, -0.05) is 6.07 Å². The minimum atomic E-state index is -1.07. The van der Waals surface area contributed by atoms with E-state index in [1.54, 1.807) is 6.92 Å². The molecule has 0 heterocycles. The van der Waals surface area contributed by atoms with Crippen LogP contribution in [0.1, 0.15) is 28.7 Å². The lowest BCUT2D eigenvalue weighted by Crippen LogP contribution is -2.21. The first kappa shape index (κ1) is 15.5. The summed E-state index contributed by atoms with van der Waals surface area (Å²) in [5.41, 5.74) is 6.95. The molecule has 2 aromatic carbocycles. The van der Waals surface area contributed by atoms with E-state index in [4.69, 9.17) is 5.73 Å². The smallest absolute Gasteiger partial charge is 0.126 e. The quantitative estimate of drug-likeness (QED) is 0.910. The Bertz CT molecular complexity index is 625. The highest BCUT2D eigenvalue weighted by molar-refractivity contribution is 5.33. The van der Waals surface area contributed by atoms with E-state index >= 15 is 0 Å². The van der Waals surface area contributed by atoms with E-state index < -0.39 is 29.5 Å². The number of rotatable bonds is 4. The van der Waals surface area contributed by atoms with Crippen LogP contribution in [-0.4, -0.2) is 11.7 Å².